The minimum atomic E-state index is -0.574. The standard InChI is InChI=1S/C33H42N2O2/c1-5-6-21-34-33(37)31(23-28-12-8-7-9-13-28)35(24-29-14-10-11-26(4)22-29)32(36)20-17-27-15-18-30(19-16-27)25(2)3/h7-16,18-19,22,25,31H,5-6,17,20-21,23-24H2,1-4H3,(H,34,37)/t31-/m0/s1. The molecule has 0 aliphatic carbocycles. The van der Waals surface area contributed by atoms with E-state index in [0.717, 1.165) is 35.1 Å². The third kappa shape index (κ3) is 8.89. The van der Waals surface area contributed by atoms with Crippen LogP contribution in [0.4, 0.5) is 0 Å². The molecule has 1 atom stereocenters. The molecule has 0 saturated heterocycles. The van der Waals surface area contributed by atoms with Crippen LogP contribution in [0.3, 0.4) is 0 Å². The molecule has 0 aromatic heterocycles. The van der Waals surface area contributed by atoms with Crippen molar-refractivity contribution in [2.75, 3.05) is 6.54 Å². The lowest BCUT2D eigenvalue weighted by Crippen LogP contribution is -2.50. The Morgan fingerprint density at radius 2 is 1.57 bits per heavy atom. The number of aryl methyl sites for hydroxylation is 2. The Balaban J connectivity index is 1.86. The smallest absolute Gasteiger partial charge is 0.243 e. The third-order valence-electron chi connectivity index (χ3n) is 6.81. The molecule has 1 N–H and O–H groups in total. The normalized spacial score (nSPS) is 11.8. The molecule has 3 aromatic rings. The van der Waals surface area contributed by atoms with Crippen molar-refractivity contribution in [2.24, 2.45) is 0 Å². The highest BCUT2D eigenvalue weighted by Crippen LogP contribution is 2.19. The molecule has 0 radical (unpaired) electrons. The predicted molar refractivity (Wildman–Crippen MR) is 152 cm³/mol. The zero-order valence-electron chi connectivity index (χ0n) is 22.9. The minimum absolute atomic E-state index is 0.000940. The van der Waals surface area contributed by atoms with Crippen molar-refractivity contribution in [1.82, 2.24) is 10.2 Å². The predicted octanol–water partition coefficient (Wildman–Crippen LogP) is 6.61. The van der Waals surface area contributed by atoms with Crippen molar-refractivity contribution < 1.29 is 9.59 Å². The first kappa shape index (κ1) is 28.2. The second-order valence-electron chi connectivity index (χ2n) is 10.3. The Hall–Kier alpha value is -3.40. The van der Waals surface area contributed by atoms with E-state index in [0.29, 0.717) is 38.3 Å². The van der Waals surface area contributed by atoms with Gasteiger partial charge in [-0.25, -0.2) is 0 Å². The average molecular weight is 499 g/mol. The maximum Gasteiger partial charge on any atom is 0.243 e. The molecule has 0 aliphatic rings. The van der Waals surface area contributed by atoms with Crippen molar-refractivity contribution in [3.63, 3.8) is 0 Å². The number of unbranched alkanes of at least 4 members (excludes halogenated alkanes) is 1. The van der Waals surface area contributed by atoms with Gasteiger partial charge in [-0.05, 0) is 47.9 Å². The Morgan fingerprint density at radius 1 is 0.865 bits per heavy atom. The quantitative estimate of drug-likeness (QED) is 0.270. The van der Waals surface area contributed by atoms with Gasteiger partial charge in [-0.3, -0.25) is 9.59 Å². The molecule has 0 fully saturated rings. The van der Waals surface area contributed by atoms with E-state index in [1.165, 1.54) is 5.56 Å². The van der Waals surface area contributed by atoms with Crippen molar-refractivity contribution in [3.8, 4) is 0 Å². The van der Waals surface area contributed by atoms with E-state index in [-0.39, 0.29) is 11.8 Å². The van der Waals surface area contributed by atoms with Gasteiger partial charge in [-0.1, -0.05) is 112 Å². The number of carbonyl (C=O) groups excluding carboxylic acids is 2. The van der Waals surface area contributed by atoms with Crippen molar-refractivity contribution >= 4 is 11.8 Å². The van der Waals surface area contributed by atoms with Crippen LogP contribution in [0.5, 0.6) is 0 Å². The summed E-state index contributed by atoms with van der Waals surface area (Å²) in [5, 5.41) is 3.09. The van der Waals surface area contributed by atoms with Gasteiger partial charge in [0.15, 0.2) is 0 Å². The fourth-order valence-corrected chi connectivity index (χ4v) is 4.53. The lowest BCUT2D eigenvalue weighted by atomic mass is 9.99. The lowest BCUT2D eigenvalue weighted by molar-refractivity contribution is -0.141. The third-order valence-corrected chi connectivity index (χ3v) is 6.81. The summed E-state index contributed by atoms with van der Waals surface area (Å²) in [4.78, 5) is 29.1. The number of hydrogen-bond donors (Lipinski definition) is 1. The van der Waals surface area contributed by atoms with E-state index in [2.05, 4.69) is 69.4 Å². The van der Waals surface area contributed by atoms with E-state index in [4.69, 9.17) is 0 Å². The fourth-order valence-electron chi connectivity index (χ4n) is 4.53. The summed E-state index contributed by atoms with van der Waals surface area (Å²) in [5.74, 6) is 0.395. The van der Waals surface area contributed by atoms with Crippen molar-refractivity contribution in [2.45, 2.75) is 78.3 Å². The number of nitrogens with zero attached hydrogens (tertiary/aromatic N) is 1. The molecule has 3 aromatic carbocycles. The highest BCUT2D eigenvalue weighted by Gasteiger charge is 2.30. The first-order valence-corrected chi connectivity index (χ1v) is 13.6. The molecule has 0 aliphatic heterocycles. The Bertz CT molecular complexity index is 1120. The van der Waals surface area contributed by atoms with E-state index in [9.17, 15) is 9.59 Å². The summed E-state index contributed by atoms with van der Waals surface area (Å²) < 4.78 is 0. The zero-order valence-corrected chi connectivity index (χ0v) is 22.9. The number of hydrogen-bond acceptors (Lipinski definition) is 2. The Morgan fingerprint density at radius 3 is 2.22 bits per heavy atom. The van der Waals surface area contributed by atoms with Gasteiger partial charge in [0, 0.05) is 25.9 Å². The van der Waals surface area contributed by atoms with Gasteiger partial charge >= 0.3 is 0 Å². The summed E-state index contributed by atoms with van der Waals surface area (Å²) in [6.45, 7) is 9.55. The molecule has 0 bridgehead atoms. The van der Waals surface area contributed by atoms with Crippen molar-refractivity contribution in [3.05, 3.63) is 107 Å². The van der Waals surface area contributed by atoms with Crippen molar-refractivity contribution in [1.29, 1.82) is 0 Å². The molecule has 4 nitrogen and oxygen atoms in total. The molecule has 2 amide bonds. The van der Waals surface area contributed by atoms with E-state index in [1.807, 2.05) is 42.5 Å². The van der Waals surface area contributed by atoms with Crippen LogP contribution in [0.15, 0.2) is 78.9 Å². The molecular weight excluding hydrogens is 456 g/mol. The number of benzene rings is 3. The molecule has 0 saturated carbocycles. The highest BCUT2D eigenvalue weighted by molar-refractivity contribution is 5.88. The number of carbonyl (C=O) groups is 2. The largest absolute Gasteiger partial charge is 0.354 e. The number of nitrogens with one attached hydrogen (secondary N) is 1. The second kappa shape index (κ2) is 14.4. The highest BCUT2D eigenvalue weighted by atomic mass is 16.2. The second-order valence-corrected chi connectivity index (χ2v) is 10.3. The minimum Gasteiger partial charge on any atom is -0.354 e. The van der Waals surface area contributed by atoms with Crippen LogP contribution in [0.1, 0.15) is 73.8 Å². The van der Waals surface area contributed by atoms with Gasteiger partial charge in [-0.2, -0.15) is 0 Å². The first-order chi connectivity index (χ1) is 17.9. The van der Waals surface area contributed by atoms with Gasteiger partial charge in [0.1, 0.15) is 6.04 Å². The van der Waals surface area contributed by atoms with Gasteiger partial charge in [0.2, 0.25) is 11.8 Å². The molecule has 4 heteroatoms. The molecule has 0 heterocycles. The summed E-state index contributed by atoms with van der Waals surface area (Å²) in [6.07, 6.45) is 3.42. The zero-order chi connectivity index (χ0) is 26.6. The molecule has 3 rings (SSSR count). The average Bonchev–Trinajstić information content (AvgIpc) is 2.90. The summed E-state index contributed by atoms with van der Waals surface area (Å²) in [6, 6.07) is 26.1. The Labute approximate surface area is 223 Å². The maximum atomic E-state index is 13.8. The topological polar surface area (TPSA) is 49.4 Å². The fraction of sp³-hybridized carbons (Fsp3) is 0.394. The van der Waals surface area contributed by atoms with Crippen LogP contribution in [0.25, 0.3) is 0 Å². The molecule has 37 heavy (non-hydrogen) atoms. The van der Waals surface area contributed by atoms with E-state index >= 15 is 0 Å². The SMILES string of the molecule is CCCCNC(=O)[C@H](Cc1ccccc1)N(Cc1cccc(C)c1)C(=O)CCc1ccc(C(C)C)cc1. The molecule has 196 valence electrons. The van der Waals surface area contributed by atoms with Crippen LogP contribution < -0.4 is 5.32 Å². The van der Waals surface area contributed by atoms with E-state index in [1.54, 1.807) is 4.90 Å². The van der Waals surface area contributed by atoms with Crippen LogP contribution >= 0.6 is 0 Å². The van der Waals surface area contributed by atoms with Gasteiger partial charge < -0.3 is 10.2 Å². The summed E-state index contributed by atoms with van der Waals surface area (Å²) in [5.41, 5.74) is 5.66. The molecule has 0 unspecified atom stereocenters. The number of amides is 2. The van der Waals surface area contributed by atoms with Crippen LogP contribution in [0.2, 0.25) is 0 Å². The van der Waals surface area contributed by atoms with Crippen LogP contribution in [0, 0.1) is 6.92 Å². The van der Waals surface area contributed by atoms with Gasteiger partial charge in [-0.15, -0.1) is 0 Å². The first-order valence-electron chi connectivity index (χ1n) is 13.6. The molecule has 0 spiro atoms. The summed E-state index contributed by atoms with van der Waals surface area (Å²) in [7, 11) is 0. The monoisotopic (exact) mass is 498 g/mol. The Kier molecular flexibility index (Phi) is 10.9. The summed E-state index contributed by atoms with van der Waals surface area (Å²) >= 11 is 0. The molecular formula is C33H42N2O2. The maximum absolute atomic E-state index is 13.8. The van der Waals surface area contributed by atoms with Crippen LogP contribution in [-0.4, -0.2) is 29.3 Å². The lowest BCUT2D eigenvalue weighted by Gasteiger charge is -2.32. The van der Waals surface area contributed by atoms with E-state index < -0.39 is 6.04 Å². The van der Waals surface area contributed by atoms with Crippen LogP contribution in [-0.2, 0) is 29.0 Å². The van der Waals surface area contributed by atoms with Gasteiger partial charge in [0.25, 0.3) is 0 Å². The number of rotatable bonds is 13. The van der Waals surface area contributed by atoms with Gasteiger partial charge in [0.05, 0.1) is 0 Å².